The standard InChI is InChI=1S/C18H22N4O5/c23-12-20-3-5-21(6-4-20)18(25)19-13-9-17(24)22(11-13)14-1-2-15-16(10-14)27-8-7-26-15/h1-2,10,12-13H,3-9,11H2,(H,19,25)/t13-/m1/s1. The van der Waals surface area contributed by atoms with Gasteiger partial charge in [0.2, 0.25) is 12.3 Å². The number of rotatable bonds is 3. The molecule has 9 heteroatoms. The number of benzene rings is 1. The number of urea groups is 1. The Morgan fingerprint density at radius 1 is 1.11 bits per heavy atom. The highest BCUT2D eigenvalue weighted by atomic mass is 16.6. The molecule has 0 bridgehead atoms. The predicted molar refractivity (Wildman–Crippen MR) is 95.9 cm³/mol. The van der Waals surface area contributed by atoms with Gasteiger partial charge in [-0.1, -0.05) is 0 Å². The summed E-state index contributed by atoms with van der Waals surface area (Å²) in [5, 5.41) is 2.94. The molecule has 0 unspecified atom stereocenters. The van der Waals surface area contributed by atoms with Crippen molar-refractivity contribution in [1.82, 2.24) is 15.1 Å². The molecule has 1 atom stereocenters. The van der Waals surface area contributed by atoms with Crippen LogP contribution in [0.4, 0.5) is 10.5 Å². The number of nitrogens with one attached hydrogen (secondary N) is 1. The SMILES string of the molecule is O=CN1CCN(C(=O)N[C@@H]2CC(=O)N(c3ccc4c(c3)OCCO4)C2)CC1. The molecule has 27 heavy (non-hydrogen) atoms. The Labute approximate surface area is 156 Å². The lowest BCUT2D eigenvalue weighted by molar-refractivity contribution is -0.119. The lowest BCUT2D eigenvalue weighted by Gasteiger charge is -2.33. The zero-order valence-corrected chi connectivity index (χ0v) is 14.9. The molecule has 0 aliphatic carbocycles. The van der Waals surface area contributed by atoms with Crippen LogP contribution in [-0.2, 0) is 9.59 Å². The van der Waals surface area contributed by atoms with Crippen LogP contribution in [0.15, 0.2) is 18.2 Å². The van der Waals surface area contributed by atoms with E-state index < -0.39 is 0 Å². The molecule has 3 aliphatic rings. The minimum atomic E-state index is -0.248. The third-order valence-electron chi connectivity index (χ3n) is 5.04. The minimum absolute atomic E-state index is 0.0391. The Morgan fingerprint density at radius 2 is 1.85 bits per heavy atom. The highest BCUT2D eigenvalue weighted by Crippen LogP contribution is 2.35. The van der Waals surface area contributed by atoms with E-state index in [4.69, 9.17) is 9.47 Å². The van der Waals surface area contributed by atoms with Crippen molar-refractivity contribution in [2.45, 2.75) is 12.5 Å². The third-order valence-corrected chi connectivity index (χ3v) is 5.04. The number of hydrogen-bond donors (Lipinski definition) is 1. The molecule has 144 valence electrons. The first-order chi connectivity index (χ1) is 13.1. The van der Waals surface area contributed by atoms with Gasteiger partial charge in [0.05, 0.1) is 6.04 Å². The van der Waals surface area contributed by atoms with Crippen LogP contribution in [0.1, 0.15) is 6.42 Å². The van der Waals surface area contributed by atoms with E-state index >= 15 is 0 Å². The van der Waals surface area contributed by atoms with Gasteiger partial charge in [-0.15, -0.1) is 0 Å². The highest BCUT2D eigenvalue weighted by Gasteiger charge is 2.33. The summed E-state index contributed by atoms with van der Waals surface area (Å²) in [6.07, 6.45) is 1.06. The first-order valence-electron chi connectivity index (χ1n) is 9.09. The first kappa shape index (κ1) is 17.4. The summed E-state index contributed by atoms with van der Waals surface area (Å²) in [4.78, 5) is 40.6. The van der Waals surface area contributed by atoms with E-state index in [1.54, 1.807) is 26.8 Å². The topological polar surface area (TPSA) is 91.4 Å². The number of anilines is 1. The van der Waals surface area contributed by atoms with Gasteiger partial charge < -0.3 is 29.5 Å². The number of ether oxygens (including phenoxy) is 2. The average molecular weight is 374 g/mol. The fraction of sp³-hybridized carbons (Fsp3) is 0.500. The number of carbonyl (C=O) groups excluding carboxylic acids is 3. The molecule has 0 spiro atoms. The highest BCUT2D eigenvalue weighted by molar-refractivity contribution is 5.97. The number of amides is 4. The Hall–Kier alpha value is -2.97. The lowest BCUT2D eigenvalue weighted by Crippen LogP contribution is -2.53. The van der Waals surface area contributed by atoms with Crippen LogP contribution < -0.4 is 19.7 Å². The number of hydrogen-bond acceptors (Lipinski definition) is 5. The van der Waals surface area contributed by atoms with Crippen LogP contribution in [0.3, 0.4) is 0 Å². The van der Waals surface area contributed by atoms with E-state index in [0.717, 1.165) is 12.1 Å². The molecule has 4 amide bonds. The molecule has 1 aromatic carbocycles. The number of carbonyl (C=O) groups is 3. The van der Waals surface area contributed by atoms with Crippen LogP contribution in [0.2, 0.25) is 0 Å². The van der Waals surface area contributed by atoms with Crippen molar-refractivity contribution >= 4 is 24.0 Å². The Kier molecular flexibility index (Phi) is 4.74. The van der Waals surface area contributed by atoms with Crippen molar-refractivity contribution < 1.29 is 23.9 Å². The van der Waals surface area contributed by atoms with E-state index in [1.807, 2.05) is 6.07 Å². The van der Waals surface area contributed by atoms with Crippen LogP contribution in [-0.4, -0.2) is 80.1 Å². The van der Waals surface area contributed by atoms with Gasteiger partial charge in [0, 0.05) is 50.9 Å². The molecule has 1 N–H and O–H groups in total. The van der Waals surface area contributed by atoms with Crippen molar-refractivity contribution in [2.24, 2.45) is 0 Å². The molecule has 3 heterocycles. The maximum absolute atomic E-state index is 12.4. The van der Waals surface area contributed by atoms with Crippen LogP contribution in [0.5, 0.6) is 11.5 Å². The molecule has 0 saturated carbocycles. The second-order valence-electron chi connectivity index (χ2n) is 6.81. The van der Waals surface area contributed by atoms with Gasteiger partial charge in [-0.2, -0.15) is 0 Å². The van der Waals surface area contributed by atoms with Gasteiger partial charge in [0.1, 0.15) is 13.2 Å². The summed E-state index contributed by atoms with van der Waals surface area (Å²) in [5.41, 5.74) is 0.737. The summed E-state index contributed by atoms with van der Waals surface area (Å²) in [6.45, 7) is 3.48. The average Bonchev–Trinajstić information content (AvgIpc) is 3.07. The van der Waals surface area contributed by atoms with Crippen molar-refractivity contribution in [2.75, 3.05) is 50.8 Å². The van der Waals surface area contributed by atoms with Crippen molar-refractivity contribution in [3.63, 3.8) is 0 Å². The molecule has 2 saturated heterocycles. The quantitative estimate of drug-likeness (QED) is 0.755. The normalized spacial score (nSPS) is 22.0. The number of fused-ring (bicyclic) bond motifs is 1. The Morgan fingerprint density at radius 3 is 2.59 bits per heavy atom. The van der Waals surface area contributed by atoms with Gasteiger partial charge in [-0.05, 0) is 12.1 Å². The predicted octanol–water partition coefficient (Wildman–Crippen LogP) is 0.0467. The van der Waals surface area contributed by atoms with Crippen molar-refractivity contribution in [3.05, 3.63) is 18.2 Å². The molecule has 2 fully saturated rings. The summed E-state index contributed by atoms with van der Waals surface area (Å²) in [5.74, 6) is 1.27. The third kappa shape index (κ3) is 3.62. The molecule has 9 nitrogen and oxygen atoms in total. The maximum Gasteiger partial charge on any atom is 0.317 e. The molecule has 0 radical (unpaired) electrons. The second kappa shape index (κ2) is 7.34. The fourth-order valence-electron chi connectivity index (χ4n) is 3.55. The zero-order valence-electron chi connectivity index (χ0n) is 14.9. The summed E-state index contributed by atoms with van der Waals surface area (Å²) in [6, 6.07) is 4.99. The van der Waals surface area contributed by atoms with E-state index in [2.05, 4.69) is 5.32 Å². The summed E-state index contributed by atoms with van der Waals surface area (Å²) < 4.78 is 11.1. The summed E-state index contributed by atoms with van der Waals surface area (Å²) >= 11 is 0. The van der Waals surface area contributed by atoms with Gasteiger partial charge in [0.25, 0.3) is 0 Å². The van der Waals surface area contributed by atoms with Gasteiger partial charge >= 0.3 is 6.03 Å². The van der Waals surface area contributed by atoms with E-state index in [9.17, 15) is 14.4 Å². The first-order valence-corrected chi connectivity index (χ1v) is 9.09. The zero-order chi connectivity index (χ0) is 18.8. The molecule has 0 aromatic heterocycles. The lowest BCUT2D eigenvalue weighted by atomic mass is 10.2. The largest absolute Gasteiger partial charge is 0.486 e. The van der Waals surface area contributed by atoms with Crippen LogP contribution >= 0.6 is 0 Å². The van der Waals surface area contributed by atoms with Crippen molar-refractivity contribution in [3.8, 4) is 11.5 Å². The molecular formula is C18H22N4O5. The van der Waals surface area contributed by atoms with Crippen LogP contribution in [0, 0.1) is 0 Å². The molecule has 4 rings (SSSR count). The number of piperazine rings is 1. The van der Waals surface area contributed by atoms with Gasteiger partial charge in [-0.25, -0.2) is 4.79 Å². The van der Waals surface area contributed by atoms with Crippen LogP contribution in [0.25, 0.3) is 0 Å². The van der Waals surface area contributed by atoms with Gasteiger partial charge in [-0.3, -0.25) is 9.59 Å². The van der Waals surface area contributed by atoms with Gasteiger partial charge in [0.15, 0.2) is 11.5 Å². The Balaban J connectivity index is 1.36. The molecular weight excluding hydrogens is 352 g/mol. The van der Waals surface area contributed by atoms with E-state index in [1.165, 1.54) is 0 Å². The number of nitrogens with zero attached hydrogens (tertiary/aromatic N) is 3. The van der Waals surface area contributed by atoms with Crippen molar-refractivity contribution in [1.29, 1.82) is 0 Å². The minimum Gasteiger partial charge on any atom is -0.486 e. The van der Waals surface area contributed by atoms with E-state index in [0.29, 0.717) is 57.4 Å². The smallest absolute Gasteiger partial charge is 0.317 e. The monoisotopic (exact) mass is 374 g/mol. The molecule has 1 aromatic rings. The summed E-state index contributed by atoms with van der Waals surface area (Å²) in [7, 11) is 0. The Bertz CT molecular complexity index is 747. The second-order valence-corrected chi connectivity index (χ2v) is 6.81. The van der Waals surface area contributed by atoms with E-state index in [-0.39, 0.29) is 24.4 Å². The fourth-order valence-corrected chi connectivity index (χ4v) is 3.55. The molecule has 3 aliphatic heterocycles. The maximum atomic E-state index is 12.4.